The maximum atomic E-state index is 12.4. The molecule has 0 aliphatic carbocycles. The number of carbonyl (C=O) groups excluding carboxylic acids is 1. The van der Waals surface area contributed by atoms with Crippen LogP contribution in [0.15, 0.2) is 24.7 Å². The molecule has 1 atom stereocenters. The zero-order valence-electron chi connectivity index (χ0n) is 12.5. The highest BCUT2D eigenvalue weighted by Gasteiger charge is 2.20. The number of aliphatic hydroxyl groups is 1. The van der Waals surface area contributed by atoms with Gasteiger partial charge in [0.25, 0.3) is 5.91 Å². The van der Waals surface area contributed by atoms with Gasteiger partial charge in [-0.2, -0.15) is 0 Å². The number of amides is 1. The Hall–Kier alpha value is -1.99. The van der Waals surface area contributed by atoms with Crippen molar-refractivity contribution in [1.29, 1.82) is 0 Å². The Morgan fingerprint density at radius 2 is 2.41 bits per heavy atom. The van der Waals surface area contributed by atoms with Crippen LogP contribution in [0, 0.1) is 5.92 Å². The van der Waals surface area contributed by atoms with Crippen molar-refractivity contribution in [3.63, 3.8) is 0 Å². The molecule has 0 bridgehead atoms. The van der Waals surface area contributed by atoms with E-state index in [2.05, 4.69) is 20.4 Å². The van der Waals surface area contributed by atoms with Crippen molar-refractivity contribution in [3.05, 3.63) is 30.2 Å². The predicted octanol–water partition coefficient (Wildman–Crippen LogP) is 0.163. The Morgan fingerprint density at radius 3 is 3.27 bits per heavy atom. The van der Waals surface area contributed by atoms with Crippen molar-refractivity contribution in [1.82, 2.24) is 24.8 Å². The molecule has 1 amide bonds. The number of piperidine rings is 1. The molecule has 1 fully saturated rings. The summed E-state index contributed by atoms with van der Waals surface area (Å²) in [5.41, 5.74) is 1.12. The fraction of sp³-hybridized carbons (Fsp3) is 0.533. The highest BCUT2D eigenvalue weighted by Crippen LogP contribution is 2.15. The van der Waals surface area contributed by atoms with E-state index in [1.807, 2.05) is 12.3 Å². The SMILES string of the molecule is O=C(NC[C@H]1CCCN(CCO)C1)c1cccn2cnnc12. The van der Waals surface area contributed by atoms with E-state index in [-0.39, 0.29) is 12.5 Å². The Kier molecular flexibility index (Phi) is 4.65. The van der Waals surface area contributed by atoms with E-state index in [1.165, 1.54) is 0 Å². The van der Waals surface area contributed by atoms with Gasteiger partial charge in [-0.1, -0.05) is 0 Å². The number of pyridine rings is 1. The molecule has 1 aliphatic rings. The first kappa shape index (κ1) is 14.9. The lowest BCUT2D eigenvalue weighted by Gasteiger charge is -2.32. The van der Waals surface area contributed by atoms with Crippen LogP contribution in [0.1, 0.15) is 23.2 Å². The summed E-state index contributed by atoms with van der Waals surface area (Å²) in [6, 6.07) is 3.58. The summed E-state index contributed by atoms with van der Waals surface area (Å²) in [6.45, 7) is 3.51. The summed E-state index contributed by atoms with van der Waals surface area (Å²) in [7, 11) is 0. The fourth-order valence-electron chi connectivity index (χ4n) is 3.02. The zero-order chi connectivity index (χ0) is 15.4. The van der Waals surface area contributed by atoms with Crippen LogP contribution in [0.2, 0.25) is 0 Å². The summed E-state index contributed by atoms with van der Waals surface area (Å²) in [4.78, 5) is 14.6. The second kappa shape index (κ2) is 6.85. The van der Waals surface area contributed by atoms with E-state index in [9.17, 15) is 4.79 Å². The lowest BCUT2D eigenvalue weighted by Crippen LogP contribution is -2.42. The topological polar surface area (TPSA) is 82.8 Å². The molecule has 0 spiro atoms. The van der Waals surface area contributed by atoms with E-state index < -0.39 is 0 Å². The Labute approximate surface area is 129 Å². The summed E-state index contributed by atoms with van der Waals surface area (Å²) in [5, 5.41) is 19.8. The number of hydrogen-bond donors (Lipinski definition) is 2. The Bertz CT molecular complexity index is 640. The van der Waals surface area contributed by atoms with Gasteiger partial charge in [0.15, 0.2) is 5.65 Å². The molecule has 7 heteroatoms. The number of likely N-dealkylation sites (tertiary alicyclic amines) is 1. The lowest BCUT2D eigenvalue weighted by atomic mass is 9.98. The molecule has 22 heavy (non-hydrogen) atoms. The smallest absolute Gasteiger partial charge is 0.255 e. The maximum Gasteiger partial charge on any atom is 0.255 e. The van der Waals surface area contributed by atoms with E-state index in [0.717, 1.165) is 25.9 Å². The summed E-state index contributed by atoms with van der Waals surface area (Å²) >= 11 is 0. The average molecular weight is 303 g/mol. The van der Waals surface area contributed by atoms with Crippen LogP contribution in [-0.2, 0) is 0 Å². The number of nitrogens with one attached hydrogen (secondary N) is 1. The molecule has 3 heterocycles. The van der Waals surface area contributed by atoms with Crippen molar-refractivity contribution < 1.29 is 9.90 Å². The van der Waals surface area contributed by atoms with Crippen molar-refractivity contribution in [2.75, 3.05) is 32.8 Å². The van der Waals surface area contributed by atoms with Gasteiger partial charge in [0.05, 0.1) is 12.2 Å². The number of rotatable bonds is 5. The van der Waals surface area contributed by atoms with Gasteiger partial charge in [0.2, 0.25) is 0 Å². The largest absolute Gasteiger partial charge is 0.395 e. The van der Waals surface area contributed by atoms with Crippen LogP contribution < -0.4 is 5.32 Å². The van der Waals surface area contributed by atoms with Crippen LogP contribution in [-0.4, -0.2) is 63.3 Å². The average Bonchev–Trinajstić information content (AvgIpc) is 3.02. The number of β-amino-alcohol motifs (C(OH)–C–C–N with tert-alkyl or cyclic N) is 1. The molecule has 1 aliphatic heterocycles. The Balaban J connectivity index is 1.59. The van der Waals surface area contributed by atoms with Crippen LogP contribution >= 0.6 is 0 Å². The first-order chi connectivity index (χ1) is 10.8. The second-order valence-electron chi connectivity index (χ2n) is 5.73. The molecule has 3 rings (SSSR count). The third-order valence-electron chi connectivity index (χ3n) is 4.14. The van der Waals surface area contributed by atoms with Crippen LogP contribution in [0.5, 0.6) is 0 Å². The van der Waals surface area contributed by atoms with Crippen molar-refractivity contribution in [2.24, 2.45) is 5.92 Å². The highest BCUT2D eigenvalue weighted by molar-refractivity contribution is 5.99. The van der Waals surface area contributed by atoms with Crippen LogP contribution in [0.25, 0.3) is 5.65 Å². The molecular formula is C15H21N5O2. The van der Waals surface area contributed by atoms with Gasteiger partial charge in [-0.05, 0) is 37.4 Å². The minimum Gasteiger partial charge on any atom is -0.395 e. The van der Waals surface area contributed by atoms with Gasteiger partial charge < -0.3 is 15.3 Å². The van der Waals surface area contributed by atoms with Gasteiger partial charge in [-0.15, -0.1) is 10.2 Å². The molecule has 0 radical (unpaired) electrons. The third kappa shape index (κ3) is 3.26. The number of fused-ring (bicyclic) bond motifs is 1. The molecule has 0 unspecified atom stereocenters. The number of nitrogens with zero attached hydrogens (tertiary/aromatic N) is 4. The highest BCUT2D eigenvalue weighted by atomic mass is 16.3. The van der Waals surface area contributed by atoms with Crippen molar-refractivity contribution >= 4 is 11.6 Å². The number of carbonyl (C=O) groups is 1. The van der Waals surface area contributed by atoms with Crippen LogP contribution in [0.3, 0.4) is 0 Å². The molecule has 2 aromatic rings. The summed E-state index contributed by atoms with van der Waals surface area (Å²) in [5.74, 6) is 0.319. The zero-order valence-corrected chi connectivity index (χ0v) is 12.5. The first-order valence-corrected chi connectivity index (χ1v) is 7.67. The van der Waals surface area contributed by atoms with E-state index >= 15 is 0 Å². The van der Waals surface area contributed by atoms with Gasteiger partial charge >= 0.3 is 0 Å². The maximum absolute atomic E-state index is 12.4. The minimum absolute atomic E-state index is 0.113. The summed E-state index contributed by atoms with van der Waals surface area (Å²) < 4.78 is 1.73. The molecule has 0 aromatic carbocycles. The molecule has 7 nitrogen and oxygen atoms in total. The molecule has 118 valence electrons. The summed E-state index contributed by atoms with van der Waals surface area (Å²) in [6.07, 6.45) is 5.62. The Morgan fingerprint density at radius 1 is 1.50 bits per heavy atom. The van der Waals surface area contributed by atoms with E-state index in [0.29, 0.717) is 30.2 Å². The van der Waals surface area contributed by atoms with Crippen LogP contribution in [0.4, 0.5) is 0 Å². The number of aromatic nitrogens is 3. The monoisotopic (exact) mass is 303 g/mol. The van der Waals surface area contributed by atoms with Gasteiger partial charge in [0.1, 0.15) is 6.33 Å². The first-order valence-electron chi connectivity index (χ1n) is 7.67. The lowest BCUT2D eigenvalue weighted by molar-refractivity contribution is 0.0926. The minimum atomic E-state index is -0.113. The van der Waals surface area contributed by atoms with E-state index in [4.69, 9.17) is 5.11 Å². The molecule has 2 N–H and O–H groups in total. The normalized spacial score (nSPS) is 19.4. The molecule has 0 saturated carbocycles. The molecule has 2 aromatic heterocycles. The van der Waals surface area contributed by atoms with Gasteiger partial charge in [0, 0.05) is 25.8 Å². The van der Waals surface area contributed by atoms with Gasteiger partial charge in [-0.25, -0.2) is 0 Å². The second-order valence-corrected chi connectivity index (χ2v) is 5.73. The predicted molar refractivity (Wildman–Crippen MR) is 81.6 cm³/mol. The molecule has 1 saturated heterocycles. The standard InChI is InChI=1S/C15H21N5O2/c21-8-7-19-5-1-3-12(10-19)9-16-15(22)13-4-2-6-20-11-17-18-14(13)20/h2,4,6,11-12,21H,1,3,5,7-10H2,(H,16,22)/t12-/m1/s1. The number of aliphatic hydroxyl groups excluding tert-OH is 1. The van der Waals surface area contributed by atoms with Crippen molar-refractivity contribution in [3.8, 4) is 0 Å². The van der Waals surface area contributed by atoms with Gasteiger partial charge in [-0.3, -0.25) is 9.20 Å². The van der Waals surface area contributed by atoms with Crippen molar-refractivity contribution in [2.45, 2.75) is 12.8 Å². The van der Waals surface area contributed by atoms with E-state index in [1.54, 1.807) is 16.8 Å². The third-order valence-corrected chi connectivity index (χ3v) is 4.14. The molecular weight excluding hydrogens is 282 g/mol. The fourth-order valence-corrected chi connectivity index (χ4v) is 3.02. The quantitative estimate of drug-likeness (QED) is 0.822. The number of hydrogen-bond acceptors (Lipinski definition) is 5.